The average molecular weight is 277 g/mol. The number of amides is 1. The van der Waals surface area contributed by atoms with Crippen LogP contribution < -0.4 is 11.1 Å². The number of hydrogen-bond donors (Lipinski definition) is 2. The largest absolute Gasteiger partial charge is 0.350 e. The van der Waals surface area contributed by atoms with E-state index >= 15 is 0 Å². The Balaban J connectivity index is 2.08. The van der Waals surface area contributed by atoms with Crippen molar-refractivity contribution in [2.24, 2.45) is 5.73 Å². The number of aromatic nitrogens is 1. The normalized spacial score (nSPS) is 12.3. The molecular weight excluding hydrogens is 262 g/mol. The smallest absolute Gasteiger partial charge is 0.249 e. The van der Waals surface area contributed by atoms with Gasteiger partial charge >= 0.3 is 0 Å². The minimum Gasteiger partial charge on any atom is -0.350 e. The molecule has 6 heteroatoms. The van der Waals surface area contributed by atoms with Gasteiger partial charge in [0.05, 0.1) is 12.6 Å². The zero-order valence-electron chi connectivity index (χ0n) is 10.5. The third kappa shape index (κ3) is 3.44. The topological polar surface area (TPSA) is 77.2 Å². The van der Waals surface area contributed by atoms with Crippen LogP contribution >= 0.6 is 12.0 Å². The molecule has 5 nitrogen and oxygen atoms in total. The number of carbonyl (C=O) groups is 1. The molecule has 1 aromatic carbocycles. The van der Waals surface area contributed by atoms with E-state index in [1.54, 1.807) is 6.20 Å². The Kier molecular flexibility index (Phi) is 4.73. The number of nitrogens with two attached hydrogens (primary N) is 1. The van der Waals surface area contributed by atoms with Gasteiger partial charge in [-0.05, 0) is 11.6 Å². The first-order valence-corrected chi connectivity index (χ1v) is 6.58. The molecule has 2 aromatic rings. The fraction of sp³-hybridized carbons (Fsp3) is 0.231. The standard InChI is InChI=1S/C13H15N3O2S/c1-18-19-12(14)13(17)16-8-10-5-2-4-9-6-3-7-15-11(9)10/h2-7,12H,8,14H2,1H3,(H,16,17). The number of hydrogen-bond acceptors (Lipinski definition) is 5. The quantitative estimate of drug-likeness (QED) is 0.638. The Morgan fingerprint density at radius 3 is 3.05 bits per heavy atom. The van der Waals surface area contributed by atoms with Crippen LogP contribution in [0.3, 0.4) is 0 Å². The molecule has 0 bridgehead atoms. The Bertz CT molecular complexity index is 571. The number of carbonyl (C=O) groups excluding carboxylic acids is 1. The maximum atomic E-state index is 11.7. The van der Waals surface area contributed by atoms with Crippen LogP contribution in [0.1, 0.15) is 5.56 Å². The molecule has 0 aliphatic carbocycles. The van der Waals surface area contributed by atoms with Crippen molar-refractivity contribution in [3.8, 4) is 0 Å². The van der Waals surface area contributed by atoms with Gasteiger partial charge in [-0.3, -0.25) is 9.78 Å². The predicted octanol–water partition coefficient (Wildman–Crippen LogP) is 1.43. The summed E-state index contributed by atoms with van der Waals surface area (Å²) in [4.78, 5) is 16.0. The SMILES string of the molecule is COSC(N)C(=O)NCc1cccc2cccnc12. The van der Waals surface area contributed by atoms with Gasteiger partial charge in [-0.1, -0.05) is 24.3 Å². The molecule has 0 saturated heterocycles. The average Bonchev–Trinajstić information content (AvgIpc) is 2.45. The third-order valence-electron chi connectivity index (χ3n) is 2.63. The number of nitrogens with zero attached hydrogens (tertiary/aromatic N) is 1. The van der Waals surface area contributed by atoms with Crippen LogP contribution in [0.15, 0.2) is 36.5 Å². The van der Waals surface area contributed by atoms with Crippen molar-refractivity contribution in [1.29, 1.82) is 0 Å². The summed E-state index contributed by atoms with van der Waals surface area (Å²) in [5.41, 5.74) is 7.46. The summed E-state index contributed by atoms with van der Waals surface area (Å²) in [7, 11) is 1.48. The first-order valence-electron chi connectivity index (χ1n) is 5.78. The summed E-state index contributed by atoms with van der Waals surface area (Å²) < 4.78 is 4.77. The van der Waals surface area contributed by atoms with Crippen molar-refractivity contribution in [3.05, 3.63) is 42.1 Å². The van der Waals surface area contributed by atoms with Crippen molar-refractivity contribution < 1.29 is 8.98 Å². The molecule has 0 saturated carbocycles. The van der Waals surface area contributed by atoms with E-state index in [0.717, 1.165) is 28.5 Å². The van der Waals surface area contributed by atoms with Crippen molar-refractivity contribution in [1.82, 2.24) is 10.3 Å². The van der Waals surface area contributed by atoms with Gasteiger partial charge in [0.15, 0.2) is 5.37 Å². The lowest BCUT2D eigenvalue weighted by atomic mass is 10.1. The van der Waals surface area contributed by atoms with Gasteiger partial charge in [0.25, 0.3) is 0 Å². The van der Waals surface area contributed by atoms with Gasteiger partial charge in [0.2, 0.25) is 5.91 Å². The number of fused-ring (bicyclic) bond motifs is 1. The van der Waals surface area contributed by atoms with Gasteiger partial charge in [0.1, 0.15) is 0 Å². The first-order chi connectivity index (χ1) is 9.22. The van der Waals surface area contributed by atoms with Crippen LogP contribution in [0.2, 0.25) is 0 Å². The van der Waals surface area contributed by atoms with Gasteiger partial charge < -0.3 is 15.2 Å². The number of rotatable bonds is 5. The van der Waals surface area contributed by atoms with E-state index in [1.165, 1.54) is 7.11 Å². The number of para-hydroxylation sites is 1. The first kappa shape index (κ1) is 13.8. The maximum Gasteiger partial charge on any atom is 0.249 e. The molecule has 0 spiro atoms. The fourth-order valence-electron chi connectivity index (χ4n) is 1.74. The minimum atomic E-state index is -0.729. The summed E-state index contributed by atoms with van der Waals surface area (Å²) in [5.74, 6) is -0.264. The summed E-state index contributed by atoms with van der Waals surface area (Å²) in [6.45, 7) is 0.394. The molecular formula is C13H15N3O2S. The van der Waals surface area contributed by atoms with Gasteiger partial charge in [0, 0.05) is 30.2 Å². The zero-order valence-corrected chi connectivity index (χ0v) is 11.3. The second kappa shape index (κ2) is 6.51. The van der Waals surface area contributed by atoms with Gasteiger partial charge in [-0.2, -0.15) is 0 Å². The second-order valence-corrected chi connectivity index (χ2v) is 4.93. The molecule has 1 unspecified atom stereocenters. The van der Waals surface area contributed by atoms with E-state index in [-0.39, 0.29) is 5.91 Å². The zero-order chi connectivity index (χ0) is 13.7. The molecule has 19 heavy (non-hydrogen) atoms. The Labute approximate surface area is 115 Å². The van der Waals surface area contributed by atoms with E-state index in [0.29, 0.717) is 6.54 Å². The molecule has 1 amide bonds. The van der Waals surface area contributed by atoms with E-state index in [1.807, 2.05) is 30.3 Å². The fourth-order valence-corrected chi connectivity index (χ4v) is 2.12. The summed E-state index contributed by atoms with van der Waals surface area (Å²) in [5, 5.41) is 3.09. The molecule has 1 heterocycles. The van der Waals surface area contributed by atoms with Crippen molar-refractivity contribution in [3.63, 3.8) is 0 Å². The maximum absolute atomic E-state index is 11.7. The molecule has 0 fully saturated rings. The molecule has 100 valence electrons. The van der Waals surface area contributed by atoms with E-state index < -0.39 is 5.37 Å². The predicted molar refractivity (Wildman–Crippen MR) is 76.2 cm³/mol. The number of benzene rings is 1. The molecule has 0 aliphatic rings. The summed E-state index contributed by atoms with van der Waals surface area (Å²) >= 11 is 0.928. The lowest BCUT2D eigenvalue weighted by molar-refractivity contribution is -0.120. The molecule has 0 radical (unpaired) electrons. The Morgan fingerprint density at radius 2 is 2.26 bits per heavy atom. The van der Waals surface area contributed by atoms with Crippen molar-refractivity contribution in [2.75, 3.05) is 7.11 Å². The number of nitrogens with one attached hydrogen (secondary N) is 1. The second-order valence-electron chi connectivity index (χ2n) is 3.89. The van der Waals surface area contributed by atoms with Crippen LogP contribution in [-0.4, -0.2) is 23.4 Å². The van der Waals surface area contributed by atoms with Crippen molar-refractivity contribution in [2.45, 2.75) is 11.9 Å². The molecule has 1 aromatic heterocycles. The Morgan fingerprint density at radius 1 is 1.47 bits per heavy atom. The third-order valence-corrected chi connectivity index (χ3v) is 3.24. The van der Waals surface area contributed by atoms with Crippen LogP contribution in [0.25, 0.3) is 10.9 Å². The van der Waals surface area contributed by atoms with Crippen molar-refractivity contribution >= 4 is 28.9 Å². The van der Waals surface area contributed by atoms with E-state index in [2.05, 4.69) is 10.3 Å². The highest BCUT2D eigenvalue weighted by atomic mass is 32.2. The monoisotopic (exact) mass is 277 g/mol. The number of pyridine rings is 1. The van der Waals surface area contributed by atoms with E-state index in [4.69, 9.17) is 9.92 Å². The molecule has 2 rings (SSSR count). The molecule has 1 atom stereocenters. The van der Waals surface area contributed by atoms with Crippen LogP contribution in [0.5, 0.6) is 0 Å². The van der Waals surface area contributed by atoms with Crippen LogP contribution in [0.4, 0.5) is 0 Å². The Hall–Kier alpha value is -1.63. The van der Waals surface area contributed by atoms with Crippen LogP contribution in [0, 0.1) is 0 Å². The molecule has 3 N–H and O–H groups in total. The molecule has 0 aliphatic heterocycles. The highest BCUT2D eigenvalue weighted by Gasteiger charge is 2.14. The van der Waals surface area contributed by atoms with Gasteiger partial charge in [-0.25, -0.2) is 0 Å². The lowest BCUT2D eigenvalue weighted by Gasteiger charge is -2.11. The van der Waals surface area contributed by atoms with Gasteiger partial charge in [-0.15, -0.1) is 0 Å². The highest BCUT2D eigenvalue weighted by Crippen LogP contribution is 2.15. The van der Waals surface area contributed by atoms with Crippen LogP contribution in [-0.2, 0) is 15.5 Å². The van der Waals surface area contributed by atoms with E-state index in [9.17, 15) is 4.79 Å². The minimum absolute atomic E-state index is 0.264. The highest BCUT2D eigenvalue weighted by molar-refractivity contribution is 7.95. The summed E-state index contributed by atoms with van der Waals surface area (Å²) in [6, 6.07) is 9.73. The lowest BCUT2D eigenvalue weighted by Crippen LogP contribution is -2.38. The summed E-state index contributed by atoms with van der Waals surface area (Å²) in [6.07, 6.45) is 1.74.